The van der Waals surface area contributed by atoms with Crippen LogP contribution in [0.4, 0.5) is 10.5 Å². The third kappa shape index (κ3) is 4.46. The van der Waals surface area contributed by atoms with Crippen LogP contribution in [0.2, 0.25) is 0 Å². The molecule has 110 valence electrons. The number of aromatic hydroxyl groups is 1. The molecule has 2 N–H and O–H groups in total. The highest BCUT2D eigenvalue weighted by Gasteiger charge is 2.05. The zero-order chi connectivity index (χ0) is 15.0. The van der Waals surface area contributed by atoms with Gasteiger partial charge in [0.15, 0.2) is 0 Å². The van der Waals surface area contributed by atoms with Crippen LogP contribution in [0, 0.1) is 0 Å². The van der Waals surface area contributed by atoms with E-state index in [9.17, 15) is 9.90 Å². The van der Waals surface area contributed by atoms with Gasteiger partial charge in [0.25, 0.3) is 0 Å². The maximum atomic E-state index is 11.0. The number of amides is 1. The third-order valence-corrected chi connectivity index (χ3v) is 2.78. The zero-order valence-corrected chi connectivity index (χ0v) is 12.1. The zero-order valence-electron chi connectivity index (χ0n) is 12.1. The van der Waals surface area contributed by atoms with Crippen molar-refractivity contribution < 1.29 is 14.6 Å². The largest absolute Gasteiger partial charge is 0.507 e. The molecule has 0 aliphatic rings. The molecule has 0 fully saturated rings. The second kappa shape index (κ2) is 8.04. The number of nitrogens with zero attached hydrogens (tertiary/aromatic N) is 2. The van der Waals surface area contributed by atoms with Crippen molar-refractivity contribution in [3.05, 3.63) is 23.8 Å². The fourth-order valence-corrected chi connectivity index (χ4v) is 1.74. The molecule has 0 radical (unpaired) electrons. The molecule has 0 spiro atoms. The van der Waals surface area contributed by atoms with Gasteiger partial charge in [-0.15, -0.1) is 0 Å². The van der Waals surface area contributed by atoms with Crippen LogP contribution in [0.25, 0.3) is 0 Å². The first-order valence-electron chi connectivity index (χ1n) is 6.66. The number of phenolic OH excluding ortho intramolecular Hbond substituents is 1. The first-order chi connectivity index (χ1) is 9.62. The van der Waals surface area contributed by atoms with Gasteiger partial charge >= 0.3 is 6.09 Å². The second-order valence-electron chi connectivity index (χ2n) is 4.01. The smallest absolute Gasteiger partial charge is 0.427 e. The molecule has 0 saturated carbocycles. The quantitative estimate of drug-likeness (QED) is 0.619. The van der Waals surface area contributed by atoms with Gasteiger partial charge in [-0.05, 0) is 32.9 Å². The molecule has 0 heterocycles. The third-order valence-electron chi connectivity index (χ3n) is 2.78. The maximum Gasteiger partial charge on any atom is 0.427 e. The molecule has 0 atom stereocenters. The molecular formula is C14H21N3O3. The molecule has 0 aliphatic heterocycles. The van der Waals surface area contributed by atoms with Crippen molar-refractivity contribution in [1.29, 1.82) is 0 Å². The first kappa shape index (κ1) is 15.8. The predicted molar refractivity (Wildman–Crippen MR) is 79.4 cm³/mol. The number of hydrogen-bond acceptors (Lipinski definition) is 5. The summed E-state index contributed by atoms with van der Waals surface area (Å²) in [5, 5.41) is 13.7. The molecule has 0 aliphatic carbocycles. The minimum absolute atomic E-state index is 0.115. The topological polar surface area (TPSA) is 74.2 Å². The number of carbonyl (C=O) groups excluding carboxylic acids is 1. The molecule has 0 saturated heterocycles. The standard InChI is InChI=1S/C14H21N3O3/c1-4-17(5-2)12-8-7-11(13(18)9-12)10-15-16-14(19)20-6-3/h7-10,18H,4-6H2,1-3H3,(H,16,19)/b15-10-. The fraction of sp³-hybridized carbons (Fsp3) is 0.429. The van der Waals surface area contributed by atoms with Crippen LogP contribution in [0.1, 0.15) is 26.3 Å². The Bertz CT molecular complexity index is 471. The highest BCUT2D eigenvalue weighted by atomic mass is 16.5. The number of benzene rings is 1. The normalized spacial score (nSPS) is 10.6. The molecule has 6 nitrogen and oxygen atoms in total. The Morgan fingerprint density at radius 2 is 2.10 bits per heavy atom. The van der Waals surface area contributed by atoms with E-state index in [2.05, 4.69) is 34.0 Å². The van der Waals surface area contributed by atoms with Crippen LogP contribution >= 0.6 is 0 Å². The summed E-state index contributed by atoms with van der Waals surface area (Å²) < 4.78 is 4.66. The molecule has 1 rings (SSSR count). The average Bonchev–Trinajstić information content (AvgIpc) is 2.43. The number of hydrazone groups is 1. The average molecular weight is 279 g/mol. The number of ether oxygens (including phenoxy) is 1. The molecule has 6 heteroatoms. The van der Waals surface area contributed by atoms with Gasteiger partial charge in [-0.1, -0.05) is 0 Å². The van der Waals surface area contributed by atoms with E-state index in [1.165, 1.54) is 6.21 Å². The molecule has 20 heavy (non-hydrogen) atoms. The summed E-state index contributed by atoms with van der Waals surface area (Å²) >= 11 is 0. The van der Waals surface area contributed by atoms with Crippen molar-refractivity contribution >= 4 is 18.0 Å². The molecular weight excluding hydrogens is 258 g/mol. The van der Waals surface area contributed by atoms with E-state index in [1.54, 1.807) is 19.1 Å². The van der Waals surface area contributed by atoms with Gasteiger partial charge < -0.3 is 14.7 Å². The van der Waals surface area contributed by atoms with Crippen LogP contribution in [0.3, 0.4) is 0 Å². The Kier molecular flexibility index (Phi) is 6.36. The monoisotopic (exact) mass is 279 g/mol. The van der Waals surface area contributed by atoms with E-state index >= 15 is 0 Å². The Labute approximate surface area is 119 Å². The Morgan fingerprint density at radius 1 is 1.40 bits per heavy atom. The van der Waals surface area contributed by atoms with E-state index in [0.717, 1.165) is 18.8 Å². The Hall–Kier alpha value is -2.24. The van der Waals surface area contributed by atoms with Gasteiger partial charge in [-0.3, -0.25) is 0 Å². The van der Waals surface area contributed by atoms with Gasteiger partial charge in [0, 0.05) is 30.4 Å². The SMILES string of the molecule is CCOC(=O)N/N=C\c1ccc(N(CC)CC)cc1O. The van der Waals surface area contributed by atoms with Crippen LogP contribution in [-0.2, 0) is 4.74 Å². The van der Waals surface area contributed by atoms with Gasteiger partial charge in [-0.25, -0.2) is 10.2 Å². The summed E-state index contributed by atoms with van der Waals surface area (Å²) in [6, 6.07) is 5.33. The lowest BCUT2D eigenvalue weighted by molar-refractivity contribution is 0.152. The van der Waals surface area contributed by atoms with Crippen molar-refractivity contribution in [3.63, 3.8) is 0 Å². The Balaban J connectivity index is 2.73. The number of phenols is 1. The first-order valence-corrected chi connectivity index (χ1v) is 6.66. The summed E-state index contributed by atoms with van der Waals surface area (Å²) in [5.41, 5.74) is 3.68. The maximum absolute atomic E-state index is 11.0. The molecule has 0 bridgehead atoms. The van der Waals surface area contributed by atoms with Crippen molar-refractivity contribution in [1.82, 2.24) is 5.43 Å². The Morgan fingerprint density at radius 3 is 2.65 bits per heavy atom. The summed E-state index contributed by atoms with van der Waals surface area (Å²) in [5.74, 6) is 0.115. The van der Waals surface area contributed by atoms with E-state index in [1.807, 2.05) is 6.07 Å². The fourth-order valence-electron chi connectivity index (χ4n) is 1.74. The van der Waals surface area contributed by atoms with Crippen LogP contribution in [0.5, 0.6) is 5.75 Å². The summed E-state index contributed by atoms with van der Waals surface area (Å²) in [6.45, 7) is 7.84. The van der Waals surface area contributed by atoms with Gasteiger partial charge in [-0.2, -0.15) is 5.10 Å². The number of rotatable bonds is 6. The number of nitrogens with one attached hydrogen (secondary N) is 1. The van der Waals surface area contributed by atoms with Crippen LogP contribution in [0.15, 0.2) is 23.3 Å². The van der Waals surface area contributed by atoms with Crippen LogP contribution in [-0.4, -0.2) is 37.1 Å². The molecule has 0 unspecified atom stereocenters. The number of anilines is 1. The molecule has 0 aromatic heterocycles. The van der Waals surface area contributed by atoms with Gasteiger partial charge in [0.05, 0.1) is 12.8 Å². The molecule has 1 amide bonds. The lowest BCUT2D eigenvalue weighted by atomic mass is 10.2. The van der Waals surface area contributed by atoms with E-state index in [4.69, 9.17) is 0 Å². The van der Waals surface area contributed by atoms with Gasteiger partial charge in [0.1, 0.15) is 5.75 Å². The van der Waals surface area contributed by atoms with E-state index in [0.29, 0.717) is 5.56 Å². The summed E-state index contributed by atoms with van der Waals surface area (Å²) in [7, 11) is 0. The second-order valence-corrected chi connectivity index (χ2v) is 4.01. The van der Waals surface area contributed by atoms with E-state index < -0.39 is 6.09 Å². The number of carbonyl (C=O) groups is 1. The molecule has 1 aromatic rings. The predicted octanol–water partition coefficient (Wildman–Crippen LogP) is 2.32. The number of hydrogen-bond donors (Lipinski definition) is 2. The molecule has 1 aromatic carbocycles. The summed E-state index contributed by atoms with van der Waals surface area (Å²) in [4.78, 5) is 13.1. The van der Waals surface area contributed by atoms with Crippen LogP contribution < -0.4 is 10.3 Å². The highest BCUT2D eigenvalue weighted by Crippen LogP contribution is 2.23. The highest BCUT2D eigenvalue weighted by molar-refractivity contribution is 5.85. The lowest BCUT2D eigenvalue weighted by Gasteiger charge is -2.21. The summed E-state index contributed by atoms with van der Waals surface area (Å²) in [6.07, 6.45) is 0.751. The van der Waals surface area contributed by atoms with Crippen molar-refractivity contribution in [2.75, 3.05) is 24.6 Å². The van der Waals surface area contributed by atoms with Gasteiger partial charge in [0.2, 0.25) is 0 Å². The minimum Gasteiger partial charge on any atom is -0.507 e. The minimum atomic E-state index is -0.622. The van der Waals surface area contributed by atoms with Crippen molar-refractivity contribution in [2.24, 2.45) is 5.10 Å². The van der Waals surface area contributed by atoms with Crippen molar-refractivity contribution in [3.8, 4) is 5.75 Å². The van der Waals surface area contributed by atoms with E-state index in [-0.39, 0.29) is 12.4 Å². The lowest BCUT2D eigenvalue weighted by Crippen LogP contribution is -2.21. The van der Waals surface area contributed by atoms with Crippen molar-refractivity contribution in [2.45, 2.75) is 20.8 Å².